The van der Waals surface area contributed by atoms with Crippen LogP contribution in [0.25, 0.3) is 11.2 Å². The minimum atomic E-state index is -0.126. The van der Waals surface area contributed by atoms with Gasteiger partial charge in [0.25, 0.3) is 0 Å². The first kappa shape index (κ1) is 16.8. The van der Waals surface area contributed by atoms with Gasteiger partial charge in [-0.25, -0.2) is 15.0 Å². The quantitative estimate of drug-likeness (QED) is 0.627. The molecule has 2 aromatic heterocycles. The normalized spacial score (nSPS) is 12.5. The Morgan fingerprint density at radius 1 is 1.17 bits per heavy atom. The molecule has 7 nitrogen and oxygen atoms in total. The van der Waals surface area contributed by atoms with Crippen LogP contribution in [0.4, 0.5) is 5.82 Å². The Morgan fingerprint density at radius 3 is 2.79 bits per heavy atom. The van der Waals surface area contributed by atoms with Gasteiger partial charge in [-0.05, 0) is 5.56 Å². The summed E-state index contributed by atoms with van der Waals surface area (Å²) in [5.41, 5.74) is 8.25. The van der Waals surface area contributed by atoms with Gasteiger partial charge in [-0.15, -0.1) is 9.24 Å². The highest BCUT2D eigenvalue weighted by Gasteiger charge is 2.15. The largest absolute Gasteiger partial charge is 0.382 e. The van der Waals surface area contributed by atoms with Crippen LogP contribution >= 0.6 is 9.24 Å². The molecular formula is C16H20N5O2P. The summed E-state index contributed by atoms with van der Waals surface area (Å²) in [7, 11) is 2.54. The fourth-order valence-electron chi connectivity index (χ4n) is 2.39. The number of nitrogens with zero attached hydrogens (tertiary/aromatic N) is 4. The molecule has 3 rings (SSSR count). The molecule has 0 fully saturated rings. The molecule has 126 valence electrons. The van der Waals surface area contributed by atoms with Crippen LogP contribution in [0, 0.1) is 0 Å². The number of rotatable bonds is 8. The van der Waals surface area contributed by atoms with Crippen LogP contribution in [-0.2, 0) is 22.6 Å². The number of anilines is 1. The van der Waals surface area contributed by atoms with Gasteiger partial charge in [-0.2, -0.15) is 0 Å². The van der Waals surface area contributed by atoms with Gasteiger partial charge in [-0.1, -0.05) is 30.3 Å². The lowest BCUT2D eigenvalue weighted by Crippen LogP contribution is -2.25. The lowest BCUT2D eigenvalue weighted by atomic mass is 10.2. The summed E-state index contributed by atoms with van der Waals surface area (Å²) < 4.78 is 13.5. The van der Waals surface area contributed by atoms with Crippen LogP contribution in [0.1, 0.15) is 5.56 Å². The van der Waals surface area contributed by atoms with Crippen molar-refractivity contribution in [1.29, 1.82) is 0 Å². The molecule has 1 aromatic carbocycles. The van der Waals surface area contributed by atoms with E-state index >= 15 is 0 Å². The molecule has 3 aromatic rings. The average Bonchev–Trinajstić information content (AvgIpc) is 3.02. The van der Waals surface area contributed by atoms with E-state index in [0.29, 0.717) is 43.1 Å². The van der Waals surface area contributed by atoms with E-state index < -0.39 is 0 Å². The number of imidazole rings is 1. The van der Waals surface area contributed by atoms with Gasteiger partial charge < -0.3 is 19.8 Å². The summed E-state index contributed by atoms with van der Waals surface area (Å²) in [4.78, 5) is 12.5. The van der Waals surface area contributed by atoms with Crippen molar-refractivity contribution in [3.63, 3.8) is 0 Å². The Kier molecular flexibility index (Phi) is 5.69. The van der Waals surface area contributed by atoms with E-state index in [2.05, 4.69) is 24.2 Å². The molecule has 2 N–H and O–H groups in total. The van der Waals surface area contributed by atoms with Gasteiger partial charge in [0.15, 0.2) is 11.5 Å². The third kappa shape index (κ3) is 4.06. The summed E-state index contributed by atoms with van der Waals surface area (Å²) in [6, 6.07) is 10.0. The predicted octanol–water partition coefficient (Wildman–Crippen LogP) is 1.84. The first-order valence-corrected chi connectivity index (χ1v) is 8.44. The molecular weight excluding hydrogens is 325 g/mol. The van der Waals surface area contributed by atoms with Gasteiger partial charge in [0.2, 0.25) is 0 Å². The zero-order valence-electron chi connectivity index (χ0n) is 13.2. The Hall–Kier alpha value is -2.08. The van der Waals surface area contributed by atoms with E-state index in [1.807, 2.05) is 34.9 Å². The molecule has 0 radical (unpaired) electrons. The molecule has 0 spiro atoms. The molecule has 2 unspecified atom stereocenters. The summed E-state index contributed by atoms with van der Waals surface area (Å²) in [5, 5.41) is 0. The Balaban J connectivity index is 1.72. The second kappa shape index (κ2) is 8.15. The fourth-order valence-corrected chi connectivity index (χ4v) is 2.53. The lowest BCUT2D eigenvalue weighted by Gasteiger charge is -2.18. The first-order valence-electron chi connectivity index (χ1n) is 7.62. The molecule has 24 heavy (non-hydrogen) atoms. The minimum absolute atomic E-state index is 0.126. The molecule has 0 amide bonds. The van der Waals surface area contributed by atoms with Crippen molar-refractivity contribution < 1.29 is 9.47 Å². The average molecular weight is 345 g/mol. The van der Waals surface area contributed by atoms with Crippen molar-refractivity contribution in [2.75, 3.05) is 18.7 Å². The number of ether oxygens (including phenoxy) is 2. The van der Waals surface area contributed by atoms with Crippen molar-refractivity contribution in [3.05, 3.63) is 48.5 Å². The second-order valence-corrected chi connectivity index (χ2v) is 5.62. The summed E-state index contributed by atoms with van der Waals surface area (Å²) in [6.07, 6.45) is 3.58. The van der Waals surface area contributed by atoms with E-state index in [-0.39, 0.29) is 6.10 Å². The molecule has 8 heteroatoms. The van der Waals surface area contributed by atoms with Crippen molar-refractivity contribution in [2.24, 2.45) is 0 Å². The maximum atomic E-state index is 6.03. The molecule has 0 saturated heterocycles. The molecule has 2 atom stereocenters. The van der Waals surface area contributed by atoms with Crippen LogP contribution < -0.4 is 5.73 Å². The summed E-state index contributed by atoms with van der Waals surface area (Å²) >= 11 is 0. The standard InChI is InChI=1S/C16H20N5O2P/c17-15-14-16(19-9-18-15)21(10-20-14)6-13(8-22-11-24)23-7-12-4-2-1-3-5-12/h1-5,9-10,13H,6-8,11,24H2,(H2,17,18,19). The number of nitrogen functional groups attached to an aromatic ring is 1. The molecule has 0 aliphatic carbocycles. The smallest absolute Gasteiger partial charge is 0.165 e. The topological polar surface area (TPSA) is 88.1 Å². The maximum absolute atomic E-state index is 6.03. The third-order valence-electron chi connectivity index (χ3n) is 3.58. The van der Waals surface area contributed by atoms with Crippen molar-refractivity contribution in [1.82, 2.24) is 19.5 Å². The van der Waals surface area contributed by atoms with Gasteiger partial charge in [0.05, 0.1) is 38.5 Å². The summed E-state index contributed by atoms with van der Waals surface area (Å²) in [6.45, 7) is 1.58. The number of hydrogen-bond acceptors (Lipinski definition) is 6. The first-order chi connectivity index (χ1) is 11.8. The Labute approximate surface area is 142 Å². The highest BCUT2D eigenvalue weighted by atomic mass is 31.0. The van der Waals surface area contributed by atoms with Gasteiger partial charge in [0.1, 0.15) is 11.8 Å². The van der Waals surface area contributed by atoms with Crippen LogP contribution in [0.3, 0.4) is 0 Å². The van der Waals surface area contributed by atoms with E-state index in [9.17, 15) is 0 Å². The molecule has 0 aliphatic heterocycles. The molecule has 2 heterocycles. The second-order valence-electron chi connectivity index (χ2n) is 5.28. The number of fused-ring (bicyclic) bond motifs is 1. The predicted molar refractivity (Wildman–Crippen MR) is 95.3 cm³/mol. The Bertz CT molecular complexity index is 780. The van der Waals surface area contributed by atoms with Crippen LogP contribution in [0.2, 0.25) is 0 Å². The van der Waals surface area contributed by atoms with Gasteiger partial charge in [-0.3, -0.25) is 0 Å². The zero-order chi connectivity index (χ0) is 16.8. The van der Waals surface area contributed by atoms with E-state index in [0.717, 1.165) is 5.56 Å². The third-order valence-corrected chi connectivity index (χ3v) is 3.82. The van der Waals surface area contributed by atoms with E-state index in [1.54, 1.807) is 6.33 Å². The van der Waals surface area contributed by atoms with Crippen molar-refractivity contribution in [2.45, 2.75) is 19.3 Å². The molecule has 0 aliphatic rings. The summed E-state index contributed by atoms with van der Waals surface area (Å²) in [5.74, 6) is 0.377. The minimum Gasteiger partial charge on any atom is -0.382 e. The SMILES string of the molecule is Nc1ncnc2c1ncn2CC(COCP)OCc1ccccc1. The zero-order valence-corrected chi connectivity index (χ0v) is 14.4. The van der Waals surface area contributed by atoms with Crippen molar-refractivity contribution >= 4 is 26.2 Å². The van der Waals surface area contributed by atoms with Crippen LogP contribution in [-0.4, -0.2) is 38.6 Å². The molecule has 0 saturated carbocycles. The maximum Gasteiger partial charge on any atom is 0.165 e. The Morgan fingerprint density at radius 2 is 2.00 bits per heavy atom. The lowest BCUT2D eigenvalue weighted by molar-refractivity contribution is -0.0226. The highest BCUT2D eigenvalue weighted by Crippen LogP contribution is 2.15. The van der Waals surface area contributed by atoms with Crippen LogP contribution in [0.15, 0.2) is 43.0 Å². The number of benzene rings is 1. The number of nitrogens with two attached hydrogens (primary N) is 1. The highest BCUT2D eigenvalue weighted by molar-refractivity contribution is 7.16. The number of hydrogen-bond donors (Lipinski definition) is 1. The van der Waals surface area contributed by atoms with E-state index in [4.69, 9.17) is 15.2 Å². The van der Waals surface area contributed by atoms with Crippen LogP contribution in [0.5, 0.6) is 0 Å². The fraction of sp³-hybridized carbons (Fsp3) is 0.312. The monoisotopic (exact) mass is 345 g/mol. The number of aromatic nitrogens is 4. The van der Waals surface area contributed by atoms with Crippen molar-refractivity contribution in [3.8, 4) is 0 Å². The molecule has 0 bridgehead atoms. The van der Waals surface area contributed by atoms with Gasteiger partial charge >= 0.3 is 0 Å². The van der Waals surface area contributed by atoms with E-state index in [1.165, 1.54) is 6.33 Å². The van der Waals surface area contributed by atoms with Gasteiger partial charge in [0, 0.05) is 0 Å².